The van der Waals surface area contributed by atoms with Gasteiger partial charge in [-0.3, -0.25) is 14.3 Å². The average molecular weight is 385 g/mol. The second-order valence-electron chi connectivity index (χ2n) is 6.82. The summed E-state index contributed by atoms with van der Waals surface area (Å²) in [5.74, 6) is -0.467. The molecule has 1 aliphatic heterocycles. The number of oxazole rings is 1. The number of carbonyl (C=O) groups excluding carboxylic acids is 1. The lowest BCUT2D eigenvalue weighted by molar-refractivity contribution is -0.121. The van der Waals surface area contributed by atoms with Crippen LogP contribution < -0.4 is 11.1 Å². The highest BCUT2D eigenvalue weighted by Crippen LogP contribution is 2.27. The number of para-hydroxylation sites is 2. The molecule has 1 amide bonds. The van der Waals surface area contributed by atoms with Crippen LogP contribution in [-0.4, -0.2) is 35.0 Å². The minimum Gasteiger partial charge on any atom is -0.408 e. The fourth-order valence-corrected chi connectivity index (χ4v) is 4.54. The summed E-state index contributed by atoms with van der Waals surface area (Å²) in [5.41, 5.74) is 1.28. The van der Waals surface area contributed by atoms with E-state index < -0.39 is 5.76 Å². The topological polar surface area (TPSA) is 67.5 Å². The van der Waals surface area contributed by atoms with E-state index in [1.54, 1.807) is 17.4 Å². The lowest BCUT2D eigenvalue weighted by Crippen LogP contribution is -2.36. The van der Waals surface area contributed by atoms with Crippen molar-refractivity contribution in [2.75, 3.05) is 19.6 Å². The standard InChI is InChI=1S/C20H23N3O3S/c24-19(9-12-23-15-6-1-2-7-17(15)26-20(23)25)21-14-16(18-8-5-13-27-18)22-10-3-4-11-22/h1-2,5-8,13,16H,3-4,9-12,14H2,(H,21,24)/t16-/m0/s1. The molecule has 2 aromatic heterocycles. The number of hydrogen-bond donors (Lipinski definition) is 1. The number of amides is 1. The normalized spacial score (nSPS) is 16.0. The van der Waals surface area contributed by atoms with E-state index in [2.05, 4.69) is 27.7 Å². The molecule has 0 bridgehead atoms. The van der Waals surface area contributed by atoms with Crippen LogP contribution >= 0.6 is 11.3 Å². The fraction of sp³-hybridized carbons (Fsp3) is 0.400. The van der Waals surface area contributed by atoms with E-state index in [0.29, 0.717) is 18.7 Å². The first kappa shape index (κ1) is 18.0. The van der Waals surface area contributed by atoms with Crippen LogP contribution in [0, 0.1) is 0 Å². The van der Waals surface area contributed by atoms with Crippen LogP contribution in [0.5, 0.6) is 0 Å². The van der Waals surface area contributed by atoms with Gasteiger partial charge < -0.3 is 9.73 Å². The molecule has 3 aromatic rings. The molecular weight excluding hydrogens is 362 g/mol. The molecule has 6 nitrogen and oxygen atoms in total. The molecule has 4 rings (SSSR count). The maximum absolute atomic E-state index is 12.4. The van der Waals surface area contributed by atoms with Gasteiger partial charge in [0.2, 0.25) is 5.91 Å². The number of carbonyl (C=O) groups is 1. The number of likely N-dealkylation sites (tertiary alicyclic amines) is 1. The Balaban J connectivity index is 1.37. The summed E-state index contributed by atoms with van der Waals surface area (Å²) in [6, 6.07) is 11.7. The molecule has 7 heteroatoms. The number of thiophene rings is 1. The van der Waals surface area contributed by atoms with Crippen molar-refractivity contribution in [2.45, 2.75) is 31.8 Å². The van der Waals surface area contributed by atoms with Gasteiger partial charge >= 0.3 is 5.76 Å². The van der Waals surface area contributed by atoms with Crippen LogP contribution in [0.1, 0.15) is 30.2 Å². The van der Waals surface area contributed by atoms with Crippen molar-refractivity contribution in [3.8, 4) is 0 Å². The van der Waals surface area contributed by atoms with Crippen molar-refractivity contribution in [1.29, 1.82) is 0 Å². The van der Waals surface area contributed by atoms with Crippen molar-refractivity contribution in [3.63, 3.8) is 0 Å². The lowest BCUT2D eigenvalue weighted by Gasteiger charge is -2.26. The van der Waals surface area contributed by atoms with Crippen LogP contribution in [-0.2, 0) is 11.3 Å². The summed E-state index contributed by atoms with van der Waals surface area (Å²) in [4.78, 5) is 28.1. The molecule has 1 atom stereocenters. The molecule has 0 unspecified atom stereocenters. The van der Waals surface area contributed by atoms with Gasteiger partial charge in [-0.2, -0.15) is 0 Å². The highest BCUT2D eigenvalue weighted by atomic mass is 32.1. The second kappa shape index (κ2) is 8.10. The Morgan fingerprint density at radius 2 is 2.00 bits per heavy atom. The smallest absolute Gasteiger partial charge is 0.408 e. The van der Waals surface area contributed by atoms with Gasteiger partial charge in [-0.1, -0.05) is 18.2 Å². The van der Waals surface area contributed by atoms with Gasteiger partial charge in [-0.25, -0.2) is 4.79 Å². The van der Waals surface area contributed by atoms with Crippen LogP contribution in [0.25, 0.3) is 11.1 Å². The fourth-order valence-electron chi connectivity index (χ4n) is 3.68. The molecule has 27 heavy (non-hydrogen) atoms. The molecule has 1 N–H and O–H groups in total. The third-order valence-corrected chi connectivity index (χ3v) is 6.06. The van der Waals surface area contributed by atoms with E-state index in [1.165, 1.54) is 22.3 Å². The van der Waals surface area contributed by atoms with Crippen molar-refractivity contribution >= 4 is 28.3 Å². The zero-order valence-electron chi connectivity index (χ0n) is 15.1. The van der Waals surface area contributed by atoms with Crippen LogP contribution in [0.4, 0.5) is 0 Å². The maximum Gasteiger partial charge on any atom is 0.419 e. The van der Waals surface area contributed by atoms with Gasteiger partial charge in [-0.05, 0) is 49.5 Å². The predicted octanol–water partition coefficient (Wildman–Crippen LogP) is 3.00. The molecule has 1 fully saturated rings. The van der Waals surface area contributed by atoms with E-state index in [4.69, 9.17) is 4.42 Å². The molecule has 0 radical (unpaired) electrons. The van der Waals surface area contributed by atoms with Gasteiger partial charge in [0.15, 0.2) is 5.58 Å². The second-order valence-corrected chi connectivity index (χ2v) is 7.79. The number of nitrogens with zero attached hydrogens (tertiary/aromatic N) is 2. The van der Waals surface area contributed by atoms with Crippen molar-refractivity contribution in [1.82, 2.24) is 14.8 Å². The van der Waals surface area contributed by atoms with Crippen molar-refractivity contribution < 1.29 is 9.21 Å². The van der Waals surface area contributed by atoms with Crippen LogP contribution in [0.2, 0.25) is 0 Å². The number of nitrogens with one attached hydrogen (secondary N) is 1. The molecule has 3 heterocycles. The third kappa shape index (κ3) is 3.99. The largest absolute Gasteiger partial charge is 0.419 e. The molecule has 1 saturated heterocycles. The summed E-state index contributed by atoms with van der Waals surface area (Å²) in [6.45, 7) is 3.07. The van der Waals surface area contributed by atoms with Crippen molar-refractivity contribution in [2.24, 2.45) is 0 Å². The average Bonchev–Trinajstić information content (AvgIpc) is 3.42. The number of benzene rings is 1. The van der Waals surface area contributed by atoms with E-state index in [9.17, 15) is 9.59 Å². The Bertz CT molecular complexity index is 954. The van der Waals surface area contributed by atoms with Crippen molar-refractivity contribution in [3.05, 3.63) is 57.2 Å². The Hall–Kier alpha value is -2.38. The first-order chi connectivity index (χ1) is 13.2. The SMILES string of the molecule is O=C(CCn1c(=O)oc2ccccc21)NC[C@@H](c1cccs1)N1CCCC1. The first-order valence-electron chi connectivity index (χ1n) is 9.35. The molecule has 1 aliphatic rings. The first-order valence-corrected chi connectivity index (χ1v) is 10.2. The minimum atomic E-state index is -0.419. The number of aromatic nitrogens is 1. The van der Waals surface area contributed by atoms with E-state index in [-0.39, 0.29) is 18.4 Å². The Morgan fingerprint density at radius 1 is 1.19 bits per heavy atom. The maximum atomic E-state index is 12.4. The number of hydrogen-bond acceptors (Lipinski definition) is 5. The van der Waals surface area contributed by atoms with Gasteiger partial charge in [0, 0.05) is 24.4 Å². The van der Waals surface area contributed by atoms with Gasteiger partial charge in [0.25, 0.3) is 0 Å². The van der Waals surface area contributed by atoms with Gasteiger partial charge in [0.1, 0.15) is 0 Å². The molecular formula is C20H23N3O3S. The molecule has 0 spiro atoms. The highest BCUT2D eigenvalue weighted by Gasteiger charge is 2.24. The quantitative estimate of drug-likeness (QED) is 0.679. The van der Waals surface area contributed by atoms with Crippen LogP contribution in [0.15, 0.2) is 51.0 Å². The lowest BCUT2D eigenvalue weighted by atomic mass is 10.2. The summed E-state index contributed by atoms with van der Waals surface area (Å²) in [7, 11) is 0. The Kier molecular flexibility index (Phi) is 5.40. The third-order valence-electron chi connectivity index (χ3n) is 5.08. The monoisotopic (exact) mass is 385 g/mol. The number of aryl methyl sites for hydroxylation is 1. The summed E-state index contributed by atoms with van der Waals surface area (Å²) in [5, 5.41) is 5.14. The van der Waals surface area contributed by atoms with E-state index in [1.807, 2.05) is 18.2 Å². The van der Waals surface area contributed by atoms with E-state index >= 15 is 0 Å². The molecule has 142 valence electrons. The van der Waals surface area contributed by atoms with E-state index in [0.717, 1.165) is 18.6 Å². The zero-order chi connectivity index (χ0) is 18.6. The summed E-state index contributed by atoms with van der Waals surface area (Å²) < 4.78 is 6.74. The summed E-state index contributed by atoms with van der Waals surface area (Å²) >= 11 is 1.73. The van der Waals surface area contributed by atoms with Gasteiger partial charge in [0.05, 0.1) is 11.6 Å². The van der Waals surface area contributed by atoms with Crippen LogP contribution in [0.3, 0.4) is 0 Å². The summed E-state index contributed by atoms with van der Waals surface area (Å²) in [6.07, 6.45) is 2.68. The molecule has 1 aromatic carbocycles. The number of fused-ring (bicyclic) bond motifs is 1. The van der Waals surface area contributed by atoms with Gasteiger partial charge in [-0.15, -0.1) is 11.3 Å². The Labute approximate surface area is 161 Å². The molecule has 0 saturated carbocycles. The highest BCUT2D eigenvalue weighted by molar-refractivity contribution is 7.10. The molecule has 0 aliphatic carbocycles. The Morgan fingerprint density at radius 3 is 2.78 bits per heavy atom. The zero-order valence-corrected chi connectivity index (χ0v) is 15.9. The predicted molar refractivity (Wildman–Crippen MR) is 106 cm³/mol. The number of rotatable bonds is 7. The minimum absolute atomic E-state index is 0.0482.